The number of nitrogens with one attached hydrogen (secondary N) is 1. The summed E-state index contributed by atoms with van der Waals surface area (Å²) in [6, 6.07) is 1.86. The van der Waals surface area contributed by atoms with E-state index in [1.807, 2.05) is 17.8 Å². The zero-order chi connectivity index (χ0) is 13.9. The van der Waals surface area contributed by atoms with Crippen molar-refractivity contribution in [3.05, 3.63) is 21.4 Å². The SMILES string of the molecule is O=C(NC(CO)(CO)CO)c1cc2c(s1)CCSC2. The first-order valence-electron chi connectivity index (χ1n) is 5.98. The molecule has 1 aromatic rings. The zero-order valence-electron chi connectivity index (χ0n) is 10.4. The molecule has 0 unspecified atom stereocenters. The van der Waals surface area contributed by atoms with Crippen molar-refractivity contribution in [1.29, 1.82) is 0 Å². The quantitative estimate of drug-likeness (QED) is 0.614. The average Bonchev–Trinajstić information content (AvgIpc) is 2.89. The van der Waals surface area contributed by atoms with Gasteiger partial charge in [-0.2, -0.15) is 11.8 Å². The van der Waals surface area contributed by atoms with E-state index in [1.165, 1.54) is 21.8 Å². The number of carbonyl (C=O) groups is 1. The van der Waals surface area contributed by atoms with E-state index in [1.54, 1.807) is 0 Å². The van der Waals surface area contributed by atoms with Gasteiger partial charge in [0.15, 0.2) is 0 Å². The summed E-state index contributed by atoms with van der Waals surface area (Å²) >= 11 is 3.29. The summed E-state index contributed by atoms with van der Waals surface area (Å²) < 4.78 is 0. The van der Waals surface area contributed by atoms with Crippen molar-refractivity contribution in [2.45, 2.75) is 17.7 Å². The number of hydrogen-bond donors (Lipinski definition) is 4. The first-order chi connectivity index (χ1) is 9.14. The summed E-state index contributed by atoms with van der Waals surface area (Å²) in [4.78, 5) is 13.9. The van der Waals surface area contributed by atoms with Gasteiger partial charge in [-0.3, -0.25) is 4.79 Å². The maximum absolute atomic E-state index is 12.1. The highest BCUT2D eigenvalue weighted by Gasteiger charge is 2.31. The molecule has 0 fully saturated rings. The third-order valence-corrected chi connectivity index (χ3v) is 5.38. The number of fused-ring (bicyclic) bond motifs is 1. The highest BCUT2D eigenvalue weighted by molar-refractivity contribution is 7.98. The zero-order valence-corrected chi connectivity index (χ0v) is 12.0. The fraction of sp³-hybridized carbons (Fsp3) is 0.583. The minimum Gasteiger partial charge on any atom is -0.394 e. The summed E-state index contributed by atoms with van der Waals surface area (Å²) in [7, 11) is 0. The topological polar surface area (TPSA) is 89.8 Å². The molecule has 7 heteroatoms. The predicted molar refractivity (Wildman–Crippen MR) is 75.6 cm³/mol. The summed E-state index contributed by atoms with van der Waals surface area (Å²) in [5, 5.41) is 30.1. The molecule has 1 aromatic heterocycles. The van der Waals surface area contributed by atoms with Crippen LogP contribution < -0.4 is 5.32 Å². The van der Waals surface area contributed by atoms with Crippen molar-refractivity contribution in [2.75, 3.05) is 25.6 Å². The Morgan fingerprint density at radius 1 is 1.32 bits per heavy atom. The minimum atomic E-state index is -1.36. The molecule has 1 aliphatic heterocycles. The molecule has 0 saturated carbocycles. The van der Waals surface area contributed by atoms with Gasteiger partial charge < -0.3 is 20.6 Å². The second-order valence-corrected chi connectivity index (χ2v) is 6.81. The molecule has 0 aliphatic carbocycles. The molecule has 4 N–H and O–H groups in total. The lowest BCUT2D eigenvalue weighted by atomic mass is 10.0. The molecule has 106 valence electrons. The van der Waals surface area contributed by atoms with Crippen molar-refractivity contribution in [3.8, 4) is 0 Å². The van der Waals surface area contributed by atoms with E-state index in [4.69, 9.17) is 0 Å². The van der Waals surface area contributed by atoms with Crippen molar-refractivity contribution >= 4 is 29.0 Å². The molecule has 0 atom stereocenters. The fourth-order valence-electron chi connectivity index (χ4n) is 1.83. The molecule has 2 rings (SSSR count). The smallest absolute Gasteiger partial charge is 0.262 e. The van der Waals surface area contributed by atoms with Crippen LogP contribution in [0.15, 0.2) is 6.07 Å². The van der Waals surface area contributed by atoms with E-state index in [-0.39, 0.29) is 5.91 Å². The first-order valence-corrected chi connectivity index (χ1v) is 7.95. The first kappa shape index (κ1) is 14.8. The number of aliphatic hydroxyl groups is 3. The van der Waals surface area contributed by atoms with Gasteiger partial charge in [0.25, 0.3) is 5.91 Å². The summed E-state index contributed by atoms with van der Waals surface area (Å²) in [6.07, 6.45) is 0.975. The predicted octanol–water partition coefficient (Wildman–Crippen LogP) is -0.0171. The summed E-state index contributed by atoms with van der Waals surface area (Å²) in [5.74, 6) is 1.63. The van der Waals surface area contributed by atoms with E-state index < -0.39 is 25.4 Å². The third kappa shape index (κ3) is 3.11. The average molecular weight is 303 g/mol. The monoisotopic (exact) mass is 303 g/mol. The second-order valence-electron chi connectivity index (χ2n) is 4.57. The third-order valence-electron chi connectivity index (χ3n) is 3.14. The largest absolute Gasteiger partial charge is 0.394 e. The number of aryl methyl sites for hydroxylation is 1. The number of thiophene rings is 1. The number of carbonyl (C=O) groups excluding carboxylic acids is 1. The lowest BCUT2D eigenvalue weighted by Crippen LogP contribution is -2.56. The van der Waals surface area contributed by atoms with Gasteiger partial charge in [-0.15, -0.1) is 11.3 Å². The van der Waals surface area contributed by atoms with Crippen LogP contribution >= 0.6 is 23.1 Å². The Kier molecular flexibility index (Phi) is 4.86. The summed E-state index contributed by atoms with van der Waals surface area (Å²) in [6.45, 7) is -1.52. The Morgan fingerprint density at radius 2 is 2.00 bits per heavy atom. The van der Waals surface area contributed by atoms with Crippen LogP contribution in [0.1, 0.15) is 20.1 Å². The van der Waals surface area contributed by atoms with Crippen molar-refractivity contribution in [1.82, 2.24) is 5.32 Å². The van der Waals surface area contributed by atoms with E-state index in [0.29, 0.717) is 4.88 Å². The Morgan fingerprint density at radius 3 is 2.58 bits per heavy atom. The molecule has 1 aliphatic rings. The van der Waals surface area contributed by atoms with Crippen LogP contribution in [0.5, 0.6) is 0 Å². The highest BCUT2D eigenvalue weighted by atomic mass is 32.2. The van der Waals surface area contributed by atoms with Crippen LogP contribution in [-0.4, -0.2) is 52.3 Å². The Labute approximate surface area is 119 Å². The van der Waals surface area contributed by atoms with Crippen LogP contribution in [0.3, 0.4) is 0 Å². The molecule has 0 bridgehead atoms. The number of amides is 1. The molecule has 5 nitrogen and oxygen atoms in total. The van der Waals surface area contributed by atoms with E-state index in [2.05, 4.69) is 5.32 Å². The fourth-order valence-corrected chi connectivity index (χ4v) is 4.10. The molecule has 0 aromatic carbocycles. The minimum absolute atomic E-state index is 0.360. The maximum atomic E-state index is 12.1. The molecule has 2 heterocycles. The Balaban J connectivity index is 2.13. The molecule has 0 saturated heterocycles. The molecule has 0 radical (unpaired) electrons. The van der Waals surface area contributed by atoms with Gasteiger partial charge >= 0.3 is 0 Å². The normalized spacial score (nSPS) is 15.1. The van der Waals surface area contributed by atoms with E-state index in [9.17, 15) is 20.1 Å². The van der Waals surface area contributed by atoms with Gasteiger partial charge in [-0.25, -0.2) is 0 Å². The van der Waals surface area contributed by atoms with E-state index in [0.717, 1.165) is 17.9 Å². The van der Waals surface area contributed by atoms with Crippen molar-refractivity contribution in [2.24, 2.45) is 0 Å². The molecular weight excluding hydrogens is 286 g/mol. The molecule has 0 spiro atoms. The highest BCUT2D eigenvalue weighted by Crippen LogP contribution is 2.31. The number of aliphatic hydroxyl groups excluding tert-OH is 3. The lowest BCUT2D eigenvalue weighted by molar-refractivity contribution is 0.0377. The van der Waals surface area contributed by atoms with Gasteiger partial charge in [-0.1, -0.05) is 0 Å². The maximum Gasteiger partial charge on any atom is 0.262 e. The molecule has 19 heavy (non-hydrogen) atoms. The van der Waals surface area contributed by atoms with Gasteiger partial charge in [0.2, 0.25) is 0 Å². The van der Waals surface area contributed by atoms with Crippen molar-refractivity contribution in [3.63, 3.8) is 0 Å². The number of rotatable bonds is 5. The van der Waals surface area contributed by atoms with Gasteiger partial charge in [0, 0.05) is 10.6 Å². The Hall–Kier alpha value is -0.600. The second kappa shape index (κ2) is 6.23. The number of hydrogen-bond acceptors (Lipinski definition) is 6. The van der Waals surface area contributed by atoms with Gasteiger partial charge in [0.05, 0.1) is 24.7 Å². The van der Waals surface area contributed by atoms with Crippen LogP contribution in [0.4, 0.5) is 0 Å². The lowest BCUT2D eigenvalue weighted by Gasteiger charge is -2.28. The molecule has 1 amide bonds. The van der Waals surface area contributed by atoms with E-state index >= 15 is 0 Å². The standard InChI is InChI=1S/C12H17NO4S2/c14-5-12(6-15,7-16)13-11(17)10-3-8-4-18-2-1-9(8)19-10/h3,14-16H,1-2,4-7H2,(H,13,17). The van der Waals surface area contributed by atoms with Gasteiger partial charge in [0.1, 0.15) is 5.54 Å². The summed E-state index contributed by atoms with van der Waals surface area (Å²) in [5.41, 5.74) is -0.176. The Bertz CT molecular complexity index is 425. The van der Waals surface area contributed by atoms with Gasteiger partial charge in [-0.05, 0) is 23.8 Å². The van der Waals surface area contributed by atoms with Crippen molar-refractivity contribution < 1.29 is 20.1 Å². The molecular formula is C12H17NO4S2. The van der Waals surface area contributed by atoms with Crippen LogP contribution in [0.2, 0.25) is 0 Å². The van der Waals surface area contributed by atoms with Crippen LogP contribution in [0, 0.1) is 0 Å². The number of thioether (sulfide) groups is 1. The van der Waals surface area contributed by atoms with Crippen LogP contribution in [0.25, 0.3) is 0 Å². The van der Waals surface area contributed by atoms with Crippen LogP contribution in [-0.2, 0) is 12.2 Å².